The van der Waals surface area contributed by atoms with Gasteiger partial charge >= 0.3 is 11.9 Å². The molecule has 0 bridgehead atoms. The van der Waals surface area contributed by atoms with Crippen molar-refractivity contribution in [1.82, 2.24) is 5.32 Å². The molecule has 0 amide bonds. The van der Waals surface area contributed by atoms with E-state index >= 15 is 0 Å². The molecule has 184 valence electrons. The van der Waals surface area contributed by atoms with Gasteiger partial charge in [0.05, 0.1) is 36.4 Å². The minimum atomic E-state index is -1.05. The van der Waals surface area contributed by atoms with Crippen LogP contribution in [-0.4, -0.2) is 30.9 Å². The predicted molar refractivity (Wildman–Crippen MR) is 128 cm³/mol. The highest BCUT2D eigenvalue weighted by Gasteiger charge is 2.48. The number of ketones is 1. The Morgan fingerprint density at radius 3 is 2.54 bits per heavy atom. The quantitative estimate of drug-likeness (QED) is 0.522. The summed E-state index contributed by atoms with van der Waals surface area (Å²) in [4.78, 5) is 53.3. The maximum absolute atomic E-state index is 13.8. The number of ether oxygens (including phenoxy) is 2. The van der Waals surface area contributed by atoms with Gasteiger partial charge < -0.3 is 19.2 Å². The first-order valence-electron chi connectivity index (χ1n) is 11.6. The van der Waals surface area contributed by atoms with E-state index in [4.69, 9.17) is 13.9 Å². The molecule has 0 saturated heterocycles. The molecule has 1 aromatic carbocycles. The highest BCUT2D eigenvalue weighted by molar-refractivity contribution is 6.12. The zero-order chi connectivity index (χ0) is 25.6. The second-order valence-corrected chi connectivity index (χ2v) is 9.51. The van der Waals surface area contributed by atoms with Crippen LogP contribution in [-0.2, 0) is 23.9 Å². The first kappa shape index (κ1) is 24.4. The van der Waals surface area contributed by atoms with Crippen molar-refractivity contribution in [2.75, 3.05) is 7.11 Å². The zero-order valence-corrected chi connectivity index (χ0v) is 20.7. The number of fused-ring (bicyclic) bond motifs is 1. The van der Waals surface area contributed by atoms with Crippen LogP contribution in [0.5, 0.6) is 0 Å². The third-order valence-corrected chi connectivity index (χ3v) is 6.57. The van der Waals surface area contributed by atoms with Gasteiger partial charge in [0.1, 0.15) is 11.5 Å². The number of carbonyl (C=O) groups is 3. The number of hydrogen-bond donors (Lipinski definition) is 1. The van der Waals surface area contributed by atoms with Crippen molar-refractivity contribution in [2.45, 2.75) is 53.1 Å². The summed E-state index contributed by atoms with van der Waals surface area (Å²) >= 11 is 0. The van der Waals surface area contributed by atoms with Crippen LogP contribution in [0.25, 0.3) is 11.0 Å². The zero-order valence-electron chi connectivity index (χ0n) is 20.7. The fraction of sp³-hybridized carbons (Fsp3) is 0.407. The number of nitrogens with one attached hydrogen (secondary N) is 1. The van der Waals surface area contributed by atoms with Crippen LogP contribution in [0, 0.1) is 18.8 Å². The molecular formula is C27H29NO7. The van der Waals surface area contributed by atoms with Crippen LogP contribution in [0.15, 0.2) is 56.2 Å². The van der Waals surface area contributed by atoms with Crippen LogP contribution < -0.4 is 10.7 Å². The highest BCUT2D eigenvalue weighted by Crippen LogP contribution is 2.45. The van der Waals surface area contributed by atoms with Gasteiger partial charge in [-0.15, -0.1) is 0 Å². The molecule has 1 aromatic heterocycles. The SMILES string of the molecule is COC(=O)[C@@H]1C(=O)C2=C(C[C@@H]1C)NC(C)=C(C(=O)OC(C)C)[C@H]2c1coc2ccc(C)cc2c1=O. The maximum Gasteiger partial charge on any atom is 0.337 e. The standard InChI is InChI=1S/C27H29NO7/c1-12(2)35-27(32)21-15(5)28-18-10-14(4)20(26(31)33-6)25(30)23(18)22(21)17-11-34-19-8-7-13(3)9-16(19)24(17)29/h7-9,11-12,14,20,22,28H,10H2,1-6H3/t14-,20-,22+/m0/s1. The molecule has 2 aromatic rings. The van der Waals surface area contributed by atoms with Crippen molar-refractivity contribution in [3.05, 3.63) is 68.4 Å². The van der Waals surface area contributed by atoms with Gasteiger partial charge in [-0.1, -0.05) is 18.6 Å². The molecular weight excluding hydrogens is 450 g/mol. The fourth-order valence-corrected chi connectivity index (χ4v) is 5.00. The predicted octanol–water partition coefficient (Wildman–Crippen LogP) is 3.67. The first-order chi connectivity index (χ1) is 16.5. The van der Waals surface area contributed by atoms with E-state index in [-0.39, 0.29) is 28.1 Å². The van der Waals surface area contributed by atoms with Gasteiger partial charge in [-0.2, -0.15) is 0 Å². The van der Waals surface area contributed by atoms with Gasteiger partial charge in [0.25, 0.3) is 0 Å². The molecule has 1 aliphatic carbocycles. The first-order valence-corrected chi connectivity index (χ1v) is 11.6. The molecule has 0 fully saturated rings. The number of hydrogen-bond acceptors (Lipinski definition) is 8. The number of esters is 2. The van der Waals surface area contributed by atoms with Gasteiger partial charge in [0.2, 0.25) is 0 Å². The Hall–Kier alpha value is -3.68. The van der Waals surface area contributed by atoms with Gasteiger partial charge in [-0.25, -0.2) is 4.79 Å². The molecule has 0 spiro atoms. The van der Waals surface area contributed by atoms with Gasteiger partial charge in [0, 0.05) is 22.5 Å². The van der Waals surface area contributed by atoms with Crippen LogP contribution in [0.4, 0.5) is 0 Å². The summed E-state index contributed by atoms with van der Waals surface area (Å²) in [5.74, 6) is -4.19. The summed E-state index contributed by atoms with van der Waals surface area (Å²) in [5, 5.41) is 3.53. The number of rotatable bonds is 4. The molecule has 1 aliphatic heterocycles. The number of aryl methyl sites for hydroxylation is 1. The van der Waals surface area contributed by atoms with Gasteiger partial charge in [-0.3, -0.25) is 14.4 Å². The Morgan fingerprint density at radius 2 is 1.89 bits per heavy atom. The molecule has 8 heteroatoms. The molecule has 1 N–H and O–H groups in total. The Balaban J connectivity index is 1.98. The largest absolute Gasteiger partial charge is 0.468 e. The number of allylic oxidation sites excluding steroid dienone is 3. The lowest BCUT2D eigenvalue weighted by molar-refractivity contribution is -0.151. The smallest absolute Gasteiger partial charge is 0.337 e. The van der Waals surface area contributed by atoms with Crippen molar-refractivity contribution in [3.63, 3.8) is 0 Å². The van der Waals surface area contributed by atoms with E-state index < -0.39 is 35.7 Å². The lowest BCUT2D eigenvalue weighted by Crippen LogP contribution is -2.44. The molecule has 0 unspecified atom stereocenters. The fourth-order valence-electron chi connectivity index (χ4n) is 5.00. The van der Waals surface area contributed by atoms with E-state index in [0.29, 0.717) is 28.8 Å². The van der Waals surface area contributed by atoms with E-state index in [0.717, 1.165) is 5.56 Å². The minimum absolute atomic E-state index is 0.138. The second-order valence-electron chi connectivity index (χ2n) is 9.51. The number of methoxy groups -OCH3 is 1. The van der Waals surface area contributed by atoms with Crippen molar-refractivity contribution < 1.29 is 28.3 Å². The Kier molecular flexibility index (Phi) is 6.40. The Bertz CT molecular complexity index is 1360. The molecule has 2 aliphatic rings. The van der Waals surface area contributed by atoms with Crippen molar-refractivity contribution in [3.8, 4) is 0 Å². The lowest BCUT2D eigenvalue weighted by Gasteiger charge is -2.38. The Morgan fingerprint density at radius 1 is 1.17 bits per heavy atom. The Labute approximate surface area is 203 Å². The number of benzene rings is 1. The summed E-state index contributed by atoms with van der Waals surface area (Å²) in [6, 6.07) is 5.25. The van der Waals surface area contributed by atoms with Crippen LogP contribution in [0.2, 0.25) is 0 Å². The highest BCUT2D eigenvalue weighted by atomic mass is 16.5. The molecule has 0 saturated carbocycles. The number of carbonyl (C=O) groups excluding carboxylic acids is 3. The van der Waals surface area contributed by atoms with E-state index in [1.54, 1.807) is 39.8 Å². The van der Waals surface area contributed by atoms with E-state index in [2.05, 4.69) is 5.32 Å². The summed E-state index contributed by atoms with van der Waals surface area (Å²) in [7, 11) is 1.23. The molecule has 4 rings (SSSR count). The van der Waals surface area contributed by atoms with Gasteiger partial charge in [0.15, 0.2) is 11.2 Å². The molecule has 35 heavy (non-hydrogen) atoms. The maximum atomic E-state index is 13.8. The van der Waals surface area contributed by atoms with Gasteiger partial charge in [-0.05, 0) is 52.2 Å². The molecule has 0 radical (unpaired) electrons. The van der Waals surface area contributed by atoms with Crippen molar-refractivity contribution in [2.24, 2.45) is 11.8 Å². The minimum Gasteiger partial charge on any atom is -0.468 e. The van der Waals surface area contributed by atoms with E-state index in [9.17, 15) is 19.2 Å². The van der Waals surface area contributed by atoms with E-state index in [1.807, 2.05) is 13.0 Å². The molecule has 8 nitrogen and oxygen atoms in total. The van der Waals surface area contributed by atoms with E-state index in [1.165, 1.54) is 13.4 Å². The summed E-state index contributed by atoms with van der Waals surface area (Å²) in [6.07, 6.45) is 1.26. The van der Waals surface area contributed by atoms with Crippen molar-refractivity contribution in [1.29, 1.82) is 0 Å². The van der Waals surface area contributed by atoms with Crippen LogP contribution in [0.3, 0.4) is 0 Å². The summed E-state index contributed by atoms with van der Waals surface area (Å²) in [6.45, 7) is 8.81. The third-order valence-electron chi connectivity index (χ3n) is 6.57. The monoisotopic (exact) mass is 479 g/mol. The topological polar surface area (TPSA) is 112 Å². The normalized spacial score (nSPS) is 22.3. The molecule has 3 atom stereocenters. The lowest BCUT2D eigenvalue weighted by atomic mass is 9.69. The number of Topliss-reactive ketones (excluding diaryl/α,β-unsaturated/α-hetero) is 1. The van der Waals surface area contributed by atoms with Crippen LogP contribution in [0.1, 0.15) is 51.2 Å². The van der Waals surface area contributed by atoms with Crippen LogP contribution >= 0.6 is 0 Å². The number of dihydropyridines is 1. The van der Waals surface area contributed by atoms with Crippen molar-refractivity contribution >= 4 is 28.7 Å². The second kappa shape index (κ2) is 9.17. The molecule has 2 heterocycles. The average molecular weight is 480 g/mol. The average Bonchev–Trinajstić information content (AvgIpc) is 2.78. The summed E-state index contributed by atoms with van der Waals surface area (Å²) < 4.78 is 16.2. The third kappa shape index (κ3) is 4.17. The summed E-state index contributed by atoms with van der Waals surface area (Å²) in [5.41, 5.74) is 2.45.